The van der Waals surface area contributed by atoms with Crippen LogP contribution in [0.4, 0.5) is 0 Å². The molecular formula is C12H11BrIrN. The average molecular weight is 441 g/mol. The van der Waals surface area contributed by atoms with E-state index in [-0.39, 0.29) is 0 Å². The van der Waals surface area contributed by atoms with Crippen LogP contribution in [0.1, 0.15) is 5.56 Å². The van der Waals surface area contributed by atoms with Crippen LogP contribution < -0.4 is 4.08 Å². The van der Waals surface area contributed by atoms with Gasteiger partial charge in [-0.25, -0.2) is 0 Å². The molecule has 2 rings (SSSR count). The van der Waals surface area contributed by atoms with E-state index in [0.717, 1.165) is 5.33 Å². The van der Waals surface area contributed by atoms with Crippen molar-refractivity contribution in [3.8, 4) is 0 Å². The number of benzene rings is 1. The van der Waals surface area contributed by atoms with Crippen molar-refractivity contribution in [2.24, 2.45) is 0 Å². The Morgan fingerprint density at radius 3 is 1.93 bits per heavy atom. The SMILES string of the molecule is BrCc1cc[c]([Ir])cc1.c1ccncc1. The first-order chi connectivity index (χ1) is 7.33. The quantitative estimate of drug-likeness (QED) is 0.621. The molecule has 0 fully saturated rings. The van der Waals surface area contributed by atoms with E-state index in [1.807, 2.05) is 18.2 Å². The van der Waals surface area contributed by atoms with Gasteiger partial charge < -0.3 is 0 Å². The van der Waals surface area contributed by atoms with Gasteiger partial charge in [-0.1, -0.05) is 6.07 Å². The van der Waals surface area contributed by atoms with Crippen LogP contribution in [0.5, 0.6) is 0 Å². The molecule has 0 atom stereocenters. The summed E-state index contributed by atoms with van der Waals surface area (Å²) in [5.74, 6) is 0. The van der Waals surface area contributed by atoms with Gasteiger partial charge in [0.25, 0.3) is 0 Å². The third-order valence-electron chi connectivity index (χ3n) is 1.62. The fraction of sp³-hybridized carbons (Fsp3) is 0.0833. The minimum Gasteiger partial charge on any atom is -0.265 e. The number of hydrogen-bond donors (Lipinski definition) is 0. The summed E-state index contributed by atoms with van der Waals surface area (Å²) < 4.78 is 1.32. The van der Waals surface area contributed by atoms with Crippen molar-refractivity contribution in [2.75, 3.05) is 0 Å². The van der Waals surface area contributed by atoms with E-state index in [2.05, 4.69) is 64.1 Å². The Morgan fingerprint density at radius 1 is 1.00 bits per heavy atom. The summed E-state index contributed by atoms with van der Waals surface area (Å²) in [4.78, 5) is 3.78. The summed E-state index contributed by atoms with van der Waals surface area (Å²) in [5.41, 5.74) is 1.33. The summed E-state index contributed by atoms with van der Waals surface area (Å²) in [5, 5.41) is 0.952. The standard InChI is InChI=1S/C7H6Br.C5H5N.Ir/c8-6-7-4-2-1-3-5-7;1-2-4-6-5-3-1;/h2-5H,6H2;1-5H;. The fourth-order valence-electron chi connectivity index (χ4n) is 0.879. The number of pyridine rings is 1. The summed E-state index contributed by atoms with van der Waals surface area (Å²) in [7, 11) is 0. The van der Waals surface area contributed by atoms with Gasteiger partial charge in [-0.3, -0.25) is 4.98 Å². The second-order valence-electron chi connectivity index (χ2n) is 2.76. The topological polar surface area (TPSA) is 12.9 Å². The summed E-state index contributed by atoms with van der Waals surface area (Å²) in [6, 6.07) is 14.2. The molecule has 0 amide bonds. The summed E-state index contributed by atoms with van der Waals surface area (Å²) >= 11 is 5.48. The Hall–Kier alpha value is -0.501. The predicted octanol–water partition coefficient (Wildman–Crippen LogP) is 2.84. The molecule has 0 saturated heterocycles. The van der Waals surface area contributed by atoms with Crippen molar-refractivity contribution in [3.05, 3.63) is 60.4 Å². The molecule has 0 N–H and O–H groups in total. The predicted molar refractivity (Wildman–Crippen MR) is 62.9 cm³/mol. The van der Waals surface area contributed by atoms with Gasteiger partial charge in [-0.2, -0.15) is 0 Å². The monoisotopic (exact) mass is 441 g/mol. The van der Waals surface area contributed by atoms with Gasteiger partial charge in [0.1, 0.15) is 0 Å². The van der Waals surface area contributed by atoms with Crippen LogP contribution in [0.3, 0.4) is 0 Å². The van der Waals surface area contributed by atoms with Crippen molar-refractivity contribution < 1.29 is 18.9 Å². The zero-order chi connectivity index (χ0) is 10.9. The van der Waals surface area contributed by atoms with Gasteiger partial charge in [0.2, 0.25) is 0 Å². The number of alkyl halides is 1. The Balaban J connectivity index is 0.000000162. The maximum Gasteiger partial charge on any atom is 0.0267 e. The van der Waals surface area contributed by atoms with Gasteiger partial charge in [-0.15, -0.1) is 0 Å². The van der Waals surface area contributed by atoms with E-state index in [1.165, 1.54) is 9.64 Å². The molecule has 0 aliphatic heterocycles. The van der Waals surface area contributed by atoms with Crippen molar-refractivity contribution in [3.63, 3.8) is 0 Å². The molecule has 15 heavy (non-hydrogen) atoms. The minimum absolute atomic E-state index is 0.952. The Bertz CT molecular complexity index is 334. The van der Waals surface area contributed by atoms with Crippen LogP contribution in [0.2, 0.25) is 0 Å². The summed E-state index contributed by atoms with van der Waals surface area (Å²) in [6.07, 6.45) is 3.50. The molecule has 0 unspecified atom stereocenters. The molecule has 3 heteroatoms. The first kappa shape index (κ1) is 12.6. The van der Waals surface area contributed by atoms with Gasteiger partial charge >= 0.3 is 74.1 Å². The largest absolute Gasteiger partial charge is 0.265 e. The van der Waals surface area contributed by atoms with Crippen LogP contribution in [0.15, 0.2) is 54.9 Å². The van der Waals surface area contributed by atoms with Gasteiger partial charge in [0.05, 0.1) is 0 Å². The molecule has 0 saturated carbocycles. The van der Waals surface area contributed by atoms with E-state index in [1.54, 1.807) is 12.4 Å². The number of hydrogen-bond acceptors (Lipinski definition) is 1. The maximum atomic E-state index is 3.78. The number of halogens is 1. The number of aromatic nitrogens is 1. The molecule has 0 aliphatic rings. The molecule has 1 aromatic carbocycles. The van der Waals surface area contributed by atoms with Crippen LogP contribution in [0.25, 0.3) is 0 Å². The third-order valence-corrected chi connectivity index (χ3v) is 3.07. The Labute approximate surface area is 109 Å². The normalized spacial score (nSPS) is 9.00. The number of rotatable bonds is 1. The van der Waals surface area contributed by atoms with E-state index in [4.69, 9.17) is 0 Å². The molecular weight excluding hydrogens is 430 g/mol. The van der Waals surface area contributed by atoms with Gasteiger partial charge in [0.15, 0.2) is 0 Å². The van der Waals surface area contributed by atoms with E-state index >= 15 is 0 Å². The van der Waals surface area contributed by atoms with Crippen molar-refractivity contribution >= 4 is 20.0 Å². The van der Waals surface area contributed by atoms with Crippen LogP contribution in [-0.2, 0) is 24.2 Å². The second kappa shape index (κ2) is 7.75. The first-order valence-electron chi connectivity index (χ1n) is 4.46. The molecule has 0 spiro atoms. The fourth-order valence-corrected chi connectivity index (χ4v) is 1.65. The third kappa shape index (κ3) is 5.83. The summed E-state index contributed by atoms with van der Waals surface area (Å²) in [6.45, 7) is 0. The molecule has 1 aromatic heterocycles. The molecule has 2 aromatic rings. The molecule has 0 aliphatic carbocycles. The van der Waals surface area contributed by atoms with E-state index in [0.29, 0.717) is 0 Å². The van der Waals surface area contributed by atoms with Crippen LogP contribution in [-0.4, -0.2) is 4.98 Å². The zero-order valence-corrected chi connectivity index (χ0v) is 12.0. The Morgan fingerprint density at radius 2 is 1.60 bits per heavy atom. The number of nitrogens with zero attached hydrogens (tertiary/aromatic N) is 1. The molecule has 1 heterocycles. The Kier molecular flexibility index (Phi) is 6.49. The first-order valence-corrected chi connectivity index (χ1v) is 6.78. The van der Waals surface area contributed by atoms with Crippen molar-refractivity contribution in [1.82, 2.24) is 4.98 Å². The molecule has 1 nitrogen and oxygen atoms in total. The smallest absolute Gasteiger partial charge is 0.0267 e. The van der Waals surface area contributed by atoms with Crippen molar-refractivity contribution in [1.29, 1.82) is 0 Å². The van der Waals surface area contributed by atoms with Crippen LogP contribution in [0, 0.1) is 0 Å². The van der Waals surface area contributed by atoms with E-state index < -0.39 is 0 Å². The maximum absolute atomic E-state index is 3.78. The average Bonchev–Trinajstić information content (AvgIpc) is 2.33. The van der Waals surface area contributed by atoms with E-state index in [9.17, 15) is 0 Å². The molecule has 0 bridgehead atoms. The molecule has 0 radical (unpaired) electrons. The zero-order valence-electron chi connectivity index (χ0n) is 8.06. The van der Waals surface area contributed by atoms with Gasteiger partial charge in [0, 0.05) is 12.4 Å². The van der Waals surface area contributed by atoms with Gasteiger partial charge in [-0.05, 0) is 12.1 Å². The second-order valence-corrected chi connectivity index (χ2v) is 4.70. The van der Waals surface area contributed by atoms with Crippen molar-refractivity contribution in [2.45, 2.75) is 5.33 Å². The minimum atomic E-state index is 0.952. The molecule has 80 valence electrons. The van der Waals surface area contributed by atoms with Crippen LogP contribution >= 0.6 is 15.9 Å².